The molecular weight excluding hydrogens is 370 g/mol. The Morgan fingerprint density at radius 3 is 3.03 bits per heavy atom. The molecule has 2 aliphatic heterocycles. The van der Waals surface area contributed by atoms with Crippen LogP contribution in [0.15, 0.2) is 43.4 Å². The number of nitrogens with two attached hydrogens (primary N) is 1. The standard InChI is InChI=1S/C21H21N5O3/c1-2-18(27)25-6-5-13(8-25)9-26-10-15(19-20(22)23-11-24-21(19)26)14-3-4-16-17(7-14)29-12-28-16/h2-4,7,10-11,13H,1,5-6,8-9,12H2,(H2,22,23,24)/t13-/m1/s1. The van der Waals surface area contributed by atoms with Crippen LogP contribution >= 0.6 is 0 Å². The molecule has 5 rings (SSSR count). The first-order chi connectivity index (χ1) is 14.1. The number of nitrogen functional groups attached to an aromatic ring is 1. The summed E-state index contributed by atoms with van der Waals surface area (Å²) in [5, 5.41) is 0.823. The van der Waals surface area contributed by atoms with Crippen molar-refractivity contribution >= 4 is 22.8 Å². The average molecular weight is 391 g/mol. The predicted molar refractivity (Wildman–Crippen MR) is 108 cm³/mol. The molecule has 1 saturated heterocycles. The Kier molecular flexibility index (Phi) is 4.12. The fraction of sp³-hybridized carbons (Fsp3) is 0.286. The summed E-state index contributed by atoms with van der Waals surface area (Å²) in [6.45, 7) is 6.02. The van der Waals surface area contributed by atoms with Crippen LogP contribution in [0, 0.1) is 5.92 Å². The van der Waals surface area contributed by atoms with Crippen LogP contribution < -0.4 is 15.2 Å². The molecule has 0 bridgehead atoms. The van der Waals surface area contributed by atoms with Crippen molar-refractivity contribution in [2.75, 3.05) is 25.6 Å². The summed E-state index contributed by atoms with van der Waals surface area (Å²) in [5.41, 5.74) is 8.93. The Bertz CT molecular complexity index is 1120. The number of hydrogen-bond acceptors (Lipinski definition) is 6. The number of amides is 1. The van der Waals surface area contributed by atoms with Crippen LogP contribution in [0.4, 0.5) is 5.82 Å². The lowest BCUT2D eigenvalue weighted by Crippen LogP contribution is -2.27. The Morgan fingerprint density at radius 1 is 1.31 bits per heavy atom. The second kappa shape index (κ2) is 6.80. The molecule has 29 heavy (non-hydrogen) atoms. The molecule has 1 fully saturated rings. The largest absolute Gasteiger partial charge is 0.454 e. The molecular formula is C21H21N5O3. The van der Waals surface area contributed by atoms with Gasteiger partial charge < -0.3 is 24.7 Å². The first-order valence-electron chi connectivity index (χ1n) is 9.54. The zero-order chi connectivity index (χ0) is 20.0. The smallest absolute Gasteiger partial charge is 0.245 e. The van der Waals surface area contributed by atoms with Crippen molar-refractivity contribution < 1.29 is 14.3 Å². The van der Waals surface area contributed by atoms with Gasteiger partial charge in [0.2, 0.25) is 12.7 Å². The third-order valence-corrected chi connectivity index (χ3v) is 5.59. The molecule has 148 valence electrons. The molecule has 0 aliphatic carbocycles. The van der Waals surface area contributed by atoms with Gasteiger partial charge in [0.05, 0.1) is 5.39 Å². The fourth-order valence-electron chi connectivity index (χ4n) is 4.16. The zero-order valence-corrected chi connectivity index (χ0v) is 15.9. The molecule has 1 aromatic carbocycles. The van der Waals surface area contributed by atoms with Gasteiger partial charge >= 0.3 is 0 Å². The van der Waals surface area contributed by atoms with Gasteiger partial charge in [0, 0.05) is 31.4 Å². The molecule has 4 heterocycles. The monoisotopic (exact) mass is 391 g/mol. The number of carbonyl (C=O) groups is 1. The normalized spacial score (nSPS) is 17.8. The minimum absolute atomic E-state index is 0.0162. The van der Waals surface area contributed by atoms with E-state index in [-0.39, 0.29) is 12.7 Å². The first-order valence-corrected chi connectivity index (χ1v) is 9.54. The maximum absolute atomic E-state index is 11.9. The number of benzene rings is 1. The number of likely N-dealkylation sites (tertiary alicyclic amines) is 1. The average Bonchev–Trinajstić information content (AvgIpc) is 3.46. The number of hydrogen-bond donors (Lipinski definition) is 1. The Balaban J connectivity index is 1.52. The van der Waals surface area contributed by atoms with E-state index < -0.39 is 0 Å². The molecule has 1 atom stereocenters. The summed E-state index contributed by atoms with van der Waals surface area (Å²) in [4.78, 5) is 22.4. The van der Waals surface area contributed by atoms with Gasteiger partial charge in [0.15, 0.2) is 11.5 Å². The molecule has 3 aromatic rings. The number of nitrogens with zero attached hydrogens (tertiary/aromatic N) is 4. The fourth-order valence-corrected chi connectivity index (χ4v) is 4.16. The number of anilines is 1. The van der Waals surface area contributed by atoms with Gasteiger partial charge in [-0.25, -0.2) is 9.97 Å². The van der Waals surface area contributed by atoms with Gasteiger partial charge in [-0.2, -0.15) is 0 Å². The number of aromatic nitrogens is 3. The van der Waals surface area contributed by atoms with E-state index in [1.807, 2.05) is 23.1 Å². The van der Waals surface area contributed by atoms with E-state index in [9.17, 15) is 4.79 Å². The van der Waals surface area contributed by atoms with Crippen LogP contribution in [0.25, 0.3) is 22.2 Å². The van der Waals surface area contributed by atoms with Crippen molar-refractivity contribution in [3.05, 3.63) is 43.4 Å². The summed E-state index contributed by atoms with van der Waals surface area (Å²) in [7, 11) is 0. The van der Waals surface area contributed by atoms with Crippen molar-refractivity contribution in [2.45, 2.75) is 13.0 Å². The Hall–Kier alpha value is -3.55. The predicted octanol–water partition coefficient (Wildman–Crippen LogP) is 2.44. The zero-order valence-electron chi connectivity index (χ0n) is 15.9. The maximum atomic E-state index is 11.9. The first kappa shape index (κ1) is 17.5. The number of carbonyl (C=O) groups excluding carboxylic acids is 1. The highest BCUT2D eigenvalue weighted by molar-refractivity contribution is 6.00. The maximum Gasteiger partial charge on any atom is 0.245 e. The number of rotatable bonds is 4. The summed E-state index contributed by atoms with van der Waals surface area (Å²) >= 11 is 0. The summed E-state index contributed by atoms with van der Waals surface area (Å²) in [5.74, 6) is 2.22. The number of ether oxygens (including phenoxy) is 2. The van der Waals surface area contributed by atoms with Gasteiger partial charge in [-0.1, -0.05) is 12.6 Å². The van der Waals surface area contributed by atoms with Gasteiger partial charge in [0.25, 0.3) is 0 Å². The van der Waals surface area contributed by atoms with Gasteiger partial charge in [0.1, 0.15) is 17.8 Å². The van der Waals surface area contributed by atoms with Crippen LogP contribution in [-0.4, -0.2) is 45.2 Å². The van der Waals surface area contributed by atoms with Crippen LogP contribution in [0.2, 0.25) is 0 Å². The molecule has 2 aromatic heterocycles. The quantitative estimate of drug-likeness (QED) is 0.687. The van der Waals surface area contributed by atoms with E-state index >= 15 is 0 Å². The van der Waals surface area contributed by atoms with Crippen LogP contribution in [-0.2, 0) is 11.3 Å². The molecule has 0 radical (unpaired) electrons. The molecule has 8 nitrogen and oxygen atoms in total. The molecule has 8 heteroatoms. The van der Waals surface area contributed by atoms with Gasteiger partial charge in [-0.05, 0) is 36.1 Å². The summed E-state index contributed by atoms with van der Waals surface area (Å²) < 4.78 is 13.1. The second-order valence-electron chi connectivity index (χ2n) is 7.36. The Labute approximate surface area is 167 Å². The number of fused-ring (bicyclic) bond motifs is 2. The van der Waals surface area contributed by atoms with Crippen molar-refractivity contribution in [2.24, 2.45) is 5.92 Å². The molecule has 0 saturated carbocycles. The SMILES string of the molecule is C=CC(=O)N1CC[C@@H](Cn2cc(-c3ccc4c(c3)OCO4)c3c(N)ncnc32)C1. The minimum atomic E-state index is -0.0162. The second-order valence-corrected chi connectivity index (χ2v) is 7.36. The Morgan fingerprint density at radius 2 is 2.17 bits per heavy atom. The highest BCUT2D eigenvalue weighted by Crippen LogP contribution is 2.39. The topological polar surface area (TPSA) is 95.5 Å². The molecule has 2 aliphatic rings. The highest BCUT2D eigenvalue weighted by Gasteiger charge is 2.26. The lowest BCUT2D eigenvalue weighted by molar-refractivity contribution is -0.125. The lowest BCUT2D eigenvalue weighted by atomic mass is 10.1. The third kappa shape index (κ3) is 2.97. The third-order valence-electron chi connectivity index (χ3n) is 5.59. The van der Waals surface area contributed by atoms with Crippen LogP contribution in [0.3, 0.4) is 0 Å². The van der Waals surface area contributed by atoms with Crippen molar-refractivity contribution in [1.29, 1.82) is 0 Å². The van der Waals surface area contributed by atoms with E-state index in [2.05, 4.69) is 27.3 Å². The molecule has 1 amide bonds. The van der Waals surface area contributed by atoms with Crippen LogP contribution in [0.1, 0.15) is 6.42 Å². The molecule has 0 unspecified atom stereocenters. The van der Waals surface area contributed by atoms with Crippen LogP contribution in [0.5, 0.6) is 11.5 Å². The molecule has 0 spiro atoms. The van der Waals surface area contributed by atoms with E-state index in [0.717, 1.165) is 47.4 Å². The highest BCUT2D eigenvalue weighted by atomic mass is 16.7. The van der Waals surface area contributed by atoms with Gasteiger partial charge in [-0.15, -0.1) is 0 Å². The van der Waals surface area contributed by atoms with E-state index in [1.54, 1.807) is 0 Å². The van der Waals surface area contributed by atoms with E-state index in [0.29, 0.717) is 24.0 Å². The lowest BCUT2D eigenvalue weighted by Gasteiger charge is -2.15. The summed E-state index contributed by atoms with van der Waals surface area (Å²) in [6, 6.07) is 5.84. The van der Waals surface area contributed by atoms with Gasteiger partial charge in [-0.3, -0.25) is 4.79 Å². The summed E-state index contributed by atoms with van der Waals surface area (Å²) in [6.07, 6.45) is 5.86. The molecule has 2 N–H and O–H groups in total. The minimum Gasteiger partial charge on any atom is -0.454 e. The van der Waals surface area contributed by atoms with E-state index in [1.165, 1.54) is 12.4 Å². The van der Waals surface area contributed by atoms with Crippen molar-refractivity contribution in [3.63, 3.8) is 0 Å². The van der Waals surface area contributed by atoms with E-state index in [4.69, 9.17) is 15.2 Å². The van der Waals surface area contributed by atoms with Crippen molar-refractivity contribution in [1.82, 2.24) is 19.4 Å². The van der Waals surface area contributed by atoms with Crippen molar-refractivity contribution in [3.8, 4) is 22.6 Å².